The van der Waals surface area contributed by atoms with E-state index in [4.69, 9.17) is 0 Å². The van der Waals surface area contributed by atoms with E-state index in [0.717, 1.165) is 17.3 Å². The zero-order valence-electron chi connectivity index (χ0n) is 13.5. The highest BCUT2D eigenvalue weighted by Crippen LogP contribution is 2.55. The lowest BCUT2D eigenvalue weighted by molar-refractivity contribution is 0.425. The van der Waals surface area contributed by atoms with Gasteiger partial charge >= 0.3 is 7.12 Å². The largest absolute Gasteiger partial charge is 0.488 e. The molecule has 0 atom stereocenters. The van der Waals surface area contributed by atoms with E-state index in [2.05, 4.69) is 58.4 Å². The van der Waals surface area contributed by atoms with E-state index >= 15 is 0 Å². The van der Waals surface area contributed by atoms with E-state index in [1.54, 1.807) is 0 Å². The summed E-state index contributed by atoms with van der Waals surface area (Å²) < 4.78 is 1.08. The molecule has 2 aliphatic rings. The number of rotatable bonds is 1. The van der Waals surface area contributed by atoms with E-state index < -0.39 is 7.12 Å². The summed E-state index contributed by atoms with van der Waals surface area (Å²) >= 11 is 3.63. The molecule has 0 saturated carbocycles. The molecule has 1 spiro atoms. The topological polar surface area (TPSA) is 40.5 Å². The van der Waals surface area contributed by atoms with Crippen molar-refractivity contribution >= 4 is 28.5 Å². The van der Waals surface area contributed by atoms with Crippen molar-refractivity contribution in [2.45, 2.75) is 18.3 Å². The molecule has 2 N–H and O–H groups in total. The molecule has 4 heteroatoms. The normalized spacial score (nSPS) is 15.8. The van der Waals surface area contributed by atoms with Crippen LogP contribution < -0.4 is 5.46 Å². The monoisotopic (exact) mass is 390 g/mol. The van der Waals surface area contributed by atoms with Crippen molar-refractivity contribution in [3.63, 3.8) is 0 Å². The molecule has 0 aromatic heterocycles. The summed E-state index contributed by atoms with van der Waals surface area (Å²) in [6, 6.07) is 21.0. The Labute approximate surface area is 155 Å². The maximum Gasteiger partial charge on any atom is 0.488 e. The second kappa shape index (κ2) is 5.31. The number of hydrogen-bond acceptors (Lipinski definition) is 2. The van der Waals surface area contributed by atoms with Gasteiger partial charge in [0.05, 0.1) is 0 Å². The molecular formula is C21H16BBrO2. The SMILES string of the molecule is OB(O)c1ccc2c(c1)C1(Cc3ccccc3C1)c1cc(Br)ccc1-2. The summed E-state index contributed by atoms with van der Waals surface area (Å²) in [5.74, 6) is 0. The lowest BCUT2D eigenvalue weighted by Crippen LogP contribution is -2.33. The minimum absolute atomic E-state index is 0.122. The third kappa shape index (κ3) is 2.11. The number of benzene rings is 3. The van der Waals surface area contributed by atoms with Gasteiger partial charge in [-0.25, -0.2) is 0 Å². The Balaban J connectivity index is 1.80. The second-order valence-electron chi connectivity index (χ2n) is 7.07. The highest BCUT2D eigenvalue weighted by Gasteiger charge is 2.47. The van der Waals surface area contributed by atoms with Crippen molar-refractivity contribution in [1.29, 1.82) is 0 Å². The Morgan fingerprint density at radius 2 is 1.40 bits per heavy atom. The van der Waals surface area contributed by atoms with Crippen molar-refractivity contribution in [2.24, 2.45) is 0 Å². The molecule has 0 saturated heterocycles. The van der Waals surface area contributed by atoms with Crippen molar-refractivity contribution in [1.82, 2.24) is 0 Å². The Hall–Kier alpha value is -1.88. The van der Waals surface area contributed by atoms with Crippen LogP contribution in [0.25, 0.3) is 11.1 Å². The van der Waals surface area contributed by atoms with Gasteiger partial charge in [0.25, 0.3) is 0 Å². The Morgan fingerprint density at radius 1 is 0.800 bits per heavy atom. The fourth-order valence-electron chi connectivity index (χ4n) is 4.64. The molecule has 0 heterocycles. The molecule has 2 nitrogen and oxygen atoms in total. The number of fused-ring (bicyclic) bond motifs is 6. The van der Waals surface area contributed by atoms with Crippen LogP contribution in [-0.2, 0) is 18.3 Å². The molecule has 3 aromatic carbocycles. The van der Waals surface area contributed by atoms with Crippen LogP contribution in [0.4, 0.5) is 0 Å². The predicted octanol–water partition coefficient (Wildman–Crippen LogP) is 3.19. The van der Waals surface area contributed by atoms with Gasteiger partial charge < -0.3 is 10.0 Å². The lowest BCUT2D eigenvalue weighted by atomic mass is 9.72. The van der Waals surface area contributed by atoms with Crippen LogP contribution in [0.3, 0.4) is 0 Å². The average Bonchev–Trinajstić information content (AvgIpc) is 3.12. The van der Waals surface area contributed by atoms with Crippen LogP contribution in [0, 0.1) is 0 Å². The molecule has 2 aliphatic carbocycles. The molecular weight excluding hydrogens is 375 g/mol. The van der Waals surface area contributed by atoms with E-state index in [-0.39, 0.29) is 5.41 Å². The van der Waals surface area contributed by atoms with Crippen LogP contribution >= 0.6 is 15.9 Å². The second-order valence-corrected chi connectivity index (χ2v) is 7.99. The Kier molecular flexibility index (Phi) is 3.27. The number of hydrogen-bond donors (Lipinski definition) is 2. The summed E-state index contributed by atoms with van der Waals surface area (Å²) in [4.78, 5) is 0. The van der Waals surface area contributed by atoms with Crippen molar-refractivity contribution in [3.05, 3.63) is 87.4 Å². The smallest absolute Gasteiger partial charge is 0.423 e. The molecule has 0 amide bonds. The highest BCUT2D eigenvalue weighted by atomic mass is 79.9. The number of halogens is 1. The summed E-state index contributed by atoms with van der Waals surface area (Å²) in [6.45, 7) is 0. The van der Waals surface area contributed by atoms with Crippen LogP contribution in [-0.4, -0.2) is 17.2 Å². The van der Waals surface area contributed by atoms with Gasteiger partial charge in [0.2, 0.25) is 0 Å². The standard InChI is InChI=1S/C21H16BBrO2/c23-16-6-8-18-17-7-5-15(22(24)25)9-19(17)21(20(18)10-16)11-13-3-1-2-4-14(13)12-21/h1-10,24-25H,11-12H2. The molecule has 122 valence electrons. The van der Waals surface area contributed by atoms with E-state index in [9.17, 15) is 10.0 Å². The predicted molar refractivity (Wildman–Crippen MR) is 104 cm³/mol. The van der Waals surface area contributed by atoms with E-state index in [1.165, 1.54) is 33.4 Å². The third-order valence-electron chi connectivity index (χ3n) is 5.75. The van der Waals surface area contributed by atoms with Crippen molar-refractivity contribution in [3.8, 4) is 11.1 Å². The molecule has 0 aliphatic heterocycles. The van der Waals surface area contributed by atoms with Crippen LogP contribution in [0.1, 0.15) is 22.3 Å². The fraction of sp³-hybridized carbons (Fsp3) is 0.143. The van der Waals surface area contributed by atoms with E-state index in [0.29, 0.717) is 5.46 Å². The van der Waals surface area contributed by atoms with Gasteiger partial charge in [-0.2, -0.15) is 0 Å². The van der Waals surface area contributed by atoms with Gasteiger partial charge in [-0.1, -0.05) is 64.5 Å². The third-order valence-corrected chi connectivity index (χ3v) is 6.24. The Morgan fingerprint density at radius 3 is 2.04 bits per heavy atom. The lowest BCUT2D eigenvalue weighted by Gasteiger charge is -2.27. The molecule has 25 heavy (non-hydrogen) atoms. The first kappa shape index (κ1) is 15.4. The summed E-state index contributed by atoms with van der Waals surface area (Å²) in [6.07, 6.45) is 1.90. The van der Waals surface area contributed by atoms with E-state index in [1.807, 2.05) is 18.2 Å². The first-order chi connectivity index (χ1) is 12.1. The van der Waals surface area contributed by atoms with Crippen molar-refractivity contribution < 1.29 is 10.0 Å². The van der Waals surface area contributed by atoms with Gasteiger partial charge in [-0.05, 0) is 63.8 Å². The zero-order valence-corrected chi connectivity index (χ0v) is 15.1. The minimum Gasteiger partial charge on any atom is -0.423 e. The quantitative estimate of drug-likeness (QED) is 0.626. The van der Waals surface area contributed by atoms with Crippen LogP contribution in [0.2, 0.25) is 0 Å². The first-order valence-corrected chi connectivity index (χ1v) is 9.25. The van der Waals surface area contributed by atoms with Crippen LogP contribution in [0.5, 0.6) is 0 Å². The van der Waals surface area contributed by atoms with Gasteiger partial charge in [0.1, 0.15) is 0 Å². The summed E-state index contributed by atoms with van der Waals surface area (Å²) in [5.41, 5.74) is 8.21. The Bertz CT molecular complexity index is 988. The average molecular weight is 391 g/mol. The fourth-order valence-corrected chi connectivity index (χ4v) is 5.00. The van der Waals surface area contributed by atoms with Gasteiger partial charge in [-0.15, -0.1) is 0 Å². The minimum atomic E-state index is -1.44. The molecule has 0 radical (unpaired) electrons. The molecule has 0 bridgehead atoms. The summed E-state index contributed by atoms with van der Waals surface area (Å²) in [5, 5.41) is 19.3. The van der Waals surface area contributed by atoms with Crippen molar-refractivity contribution in [2.75, 3.05) is 0 Å². The van der Waals surface area contributed by atoms with Crippen LogP contribution in [0.15, 0.2) is 65.1 Å². The summed E-state index contributed by atoms with van der Waals surface area (Å²) in [7, 11) is -1.44. The first-order valence-electron chi connectivity index (χ1n) is 8.46. The van der Waals surface area contributed by atoms with Gasteiger partial charge in [-0.3, -0.25) is 0 Å². The molecule has 0 unspecified atom stereocenters. The zero-order chi connectivity index (χ0) is 17.2. The maximum absolute atomic E-state index is 9.67. The highest BCUT2D eigenvalue weighted by molar-refractivity contribution is 9.10. The van der Waals surface area contributed by atoms with Gasteiger partial charge in [0, 0.05) is 9.89 Å². The molecule has 0 fully saturated rings. The maximum atomic E-state index is 9.67. The molecule has 3 aromatic rings. The van der Waals surface area contributed by atoms with Gasteiger partial charge in [0.15, 0.2) is 0 Å². The molecule has 5 rings (SSSR count).